The van der Waals surface area contributed by atoms with Gasteiger partial charge in [-0.15, -0.1) is 0 Å². The van der Waals surface area contributed by atoms with Crippen molar-refractivity contribution in [3.05, 3.63) is 75.5 Å². The zero-order chi connectivity index (χ0) is 19.0. The fourth-order valence-electron chi connectivity index (χ4n) is 3.41. The topological polar surface area (TPSA) is 47.3 Å². The van der Waals surface area contributed by atoms with E-state index in [1.807, 2.05) is 23.1 Å². The van der Waals surface area contributed by atoms with Crippen molar-refractivity contribution in [2.45, 2.75) is 12.3 Å². The first kappa shape index (κ1) is 17.9. The number of hydrogen-bond donors (Lipinski definition) is 0. The molecular formula is C20H15ClFN3OS. The van der Waals surface area contributed by atoms with E-state index in [0.29, 0.717) is 33.7 Å². The number of amides is 1. The van der Waals surface area contributed by atoms with E-state index in [-0.39, 0.29) is 18.1 Å². The highest BCUT2D eigenvalue weighted by molar-refractivity contribution is 8.03. The Morgan fingerprint density at radius 2 is 2.04 bits per heavy atom. The molecule has 1 fully saturated rings. The summed E-state index contributed by atoms with van der Waals surface area (Å²) < 4.78 is 13.6. The summed E-state index contributed by atoms with van der Waals surface area (Å²) >= 11 is 7.52. The van der Waals surface area contributed by atoms with E-state index >= 15 is 0 Å². The Kier molecular flexibility index (Phi) is 4.81. The number of halogens is 2. The summed E-state index contributed by atoms with van der Waals surface area (Å²) in [4.78, 5) is 16.5. The molecule has 2 aliphatic heterocycles. The van der Waals surface area contributed by atoms with Gasteiger partial charge in [-0.05, 0) is 35.9 Å². The van der Waals surface area contributed by atoms with Crippen LogP contribution in [0.3, 0.4) is 0 Å². The van der Waals surface area contributed by atoms with Gasteiger partial charge in [0.15, 0.2) is 0 Å². The molecule has 0 saturated carbocycles. The summed E-state index contributed by atoms with van der Waals surface area (Å²) in [7, 11) is 0. The molecule has 1 amide bonds. The Bertz CT molecular complexity index is 987. The SMILES string of the molecule is N#CC1=C2SCN(c3cccc(Cl)c3)CN2C(=O)C[C@H]1c1cccc(F)c1. The van der Waals surface area contributed by atoms with Crippen LogP contribution in [0.4, 0.5) is 10.1 Å². The molecule has 0 aliphatic carbocycles. The third kappa shape index (κ3) is 3.41. The number of fused-ring (bicyclic) bond motifs is 1. The highest BCUT2D eigenvalue weighted by Gasteiger charge is 2.38. The molecule has 4 nitrogen and oxygen atoms in total. The van der Waals surface area contributed by atoms with Crippen molar-refractivity contribution >= 4 is 35.0 Å². The largest absolute Gasteiger partial charge is 0.344 e. The van der Waals surface area contributed by atoms with E-state index in [0.717, 1.165) is 5.69 Å². The fraction of sp³-hybridized carbons (Fsp3) is 0.200. The molecule has 0 bridgehead atoms. The van der Waals surface area contributed by atoms with Gasteiger partial charge >= 0.3 is 0 Å². The third-order valence-corrected chi connectivity index (χ3v) is 6.11. The van der Waals surface area contributed by atoms with Crippen LogP contribution in [0.2, 0.25) is 5.02 Å². The van der Waals surface area contributed by atoms with Crippen molar-refractivity contribution in [3.8, 4) is 6.07 Å². The molecule has 7 heteroatoms. The van der Waals surface area contributed by atoms with Crippen LogP contribution in [0.5, 0.6) is 0 Å². The lowest BCUT2D eigenvalue weighted by atomic mass is 9.86. The molecule has 0 radical (unpaired) electrons. The smallest absolute Gasteiger partial charge is 0.229 e. The van der Waals surface area contributed by atoms with Crippen molar-refractivity contribution in [2.75, 3.05) is 17.4 Å². The molecule has 0 aromatic heterocycles. The lowest BCUT2D eigenvalue weighted by Gasteiger charge is -2.42. The molecule has 2 aromatic carbocycles. The first-order valence-electron chi connectivity index (χ1n) is 8.40. The van der Waals surface area contributed by atoms with Gasteiger partial charge in [-0.25, -0.2) is 4.39 Å². The Hall–Kier alpha value is -2.49. The number of benzene rings is 2. The Labute approximate surface area is 165 Å². The van der Waals surface area contributed by atoms with E-state index in [2.05, 4.69) is 6.07 Å². The molecule has 27 heavy (non-hydrogen) atoms. The lowest BCUT2D eigenvalue weighted by molar-refractivity contribution is -0.129. The van der Waals surface area contributed by atoms with Crippen molar-refractivity contribution < 1.29 is 9.18 Å². The quantitative estimate of drug-likeness (QED) is 0.734. The zero-order valence-corrected chi connectivity index (χ0v) is 15.8. The van der Waals surface area contributed by atoms with Crippen LogP contribution in [-0.4, -0.2) is 23.4 Å². The van der Waals surface area contributed by atoms with Gasteiger partial charge in [0.25, 0.3) is 0 Å². The highest BCUT2D eigenvalue weighted by Crippen LogP contribution is 2.43. The van der Waals surface area contributed by atoms with E-state index in [1.54, 1.807) is 23.1 Å². The Morgan fingerprint density at radius 3 is 2.78 bits per heavy atom. The molecule has 0 N–H and O–H groups in total. The molecule has 0 spiro atoms. The van der Waals surface area contributed by atoms with Crippen molar-refractivity contribution in [1.29, 1.82) is 5.26 Å². The van der Waals surface area contributed by atoms with Gasteiger partial charge in [0.2, 0.25) is 5.91 Å². The second-order valence-corrected chi connectivity index (χ2v) is 7.77. The molecule has 136 valence electrons. The zero-order valence-electron chi connectivity index (χ0n) is 14.2. The second-order valence-electron chi connectivity index (χ2n) is 6.40. The lowest BCUT2D eigenvalue weighted by Crippen LogP contribution is -2.47. The number of allylic oxidation sites excluding steroid dienone is 1. The monoisotopic (exact) mass is 399 g/mol. The van der Waals surface area contributed by atoms with Gasteiger partial charge in [0, 0.05) is 23.0 Å². The summed E-state index contributed by atoms with van der Waals surface area (Å²) in [5.74, 6) is -0.249. The number of hydrogen-bond acceptors (Lipinski definition) is 4. The molecule has 1 saturated heterocycles. The average Bonchev–Trinajstić information content (AvgIpc) is 2.67. The first-order valence-corrected chi connectivity index (χ1v) is 9.76. The van der Waals surface area contributed by atoms with Crippen LogP contribution in [-0.2, 0) is 4.79 Å². The van der Waals surface area contributed by atoms with Crippen molar-refractivity contribution in [1.82, 2.24) is 4.90 Å². The summed E-state index contributed by atoms with van der Waals surface area (Å²) in [6.07, 6.45) is 0.153. The van der Waals surface area contributed by atoms with Crippen LogP contribution >= 0.6 is 23.4 Å². The number of nitriles is 1. The summed E-state index contributed by atoms with van der Waals surface area (Å²) in [6.45, 7) is 0.364. The molecule has 0 unspecified atom stereocenters. The van der Waals surface area contributed by atoms with Crippen LogP contribution in [0, 0.1) is 17.1 Å². The van der Waals surface area contributed by atoms with Gasteiger partial charge in [0.1, 0.15) is 5.82 Å². The second kappa shape index (κ2) is 7.26. The van der Waals surface area contributed by atoms with Gasteiger partial charge in [-0.2, -0.15) is 5.26 Å². The van der Waals surface area contributed by atoms with Gasteiger partial charge in [0.05, 0.1) is 29.2 Å². The number of thioether (sulfide) groups is 1. The maximum atomic E-state index is 13.6. The number of nitrogens with zero attached hydrogens (tertiary/aromatic N) is 3. The van der Waals surface area contributed by atoms with Crippen molar-refractivity contribution in [2.24, 2.45) is 0 Å². The Balaban J connectivity index is 1.68. The maximum absolute atomic E-state index is 13.6. The normalized spacial score (nSPS) is 19.7. The summed E-state index contributed by atoms with van der Waals surface area (Å²) in [5.41, 5.74) is 2.11. The standard InChI is InChI=1S/C20H15ClFN3OS/c21-14-4-2-6-16(8-14)24-11-25-19(26)9-17(13-3-1-5-15(22)7-13)18(10-23)20(25)27-12-24/h1-8,17H,9,11-12H2/t17-/m0/s1. The number of rotatable bonds is 2. The minimum atomic E-state index is -0.408. The number of anilines is 1. The van der Waals surface area contributed by atoms with Gasteiger partial charge in [-0.3, -0.25) is 9.69 Å². The van der Waals surface area contributed by atoms with Gasteiger partial charge in [-0.1, -0.05) is 41.6 Å². The summed E-state index contributed by atoms with van der Waals surface area (Å²) in [5, 5.41) is 11.1. The fourth-order valence-corrected chi connectivity index (χ4v) is 4.76. The predicted octanol–water partition coefficient (Wildman–Crippen LogP) is 4.70. The molecule has 1 atom stereocenters. The van der Waals surface area contributed by atoms with Crippen molar-refractivity contribution in [3.63, 3.8) is 0 Å². The summed E-state index contributed by atoms with van der Waals surface area (Å²) in [6, 6.07) is 15.9. The highest BCUT2D eigenvalue weighted by atomic mass is 35.5. The minimum absolute atomic E-state index is 0.0718. The minimum Gasteiger partial charge on any atom is -0.344 e. The maximum Gasteiger partial charge on any atom is 0.229 e. The molecule has 4 rings (SSSR count). The van der Waals surface area contributed by atoms with E-state index in [9.17, 15) is 14.4 Å². The molecule has 2 heterocycles. The van der Waals surface area contributed by atoms with Crippen LogP contribution in [0.15, 0.2) is 59.1 Å². The third-order valence-electron chi connectivity index (χ3n) is 4.72. The van der Waals surface area contributed by atoms with Crippen LogP contribution in [0.25, 0.3) is 0 Å². The van der Waals surface area contributed by atoms with Gasteiger partial charge < -0.3 is 4.90 Å². The van der Waals surface area contributed by atoms with Crippen LogP contribution < -0.4 is 4.90 Å². The number of carbonyl (C=O) groups excluding carboxylic acids is 1. The molecule has 2 aromatic rings. The van der Waals surface area contributed by atoms with E-state index in [4.69, 9.17) is 11.6 Å². The predicted molar refractivity (Wildman–Crippen MR) is 104 cm³/mol. The average molecular weight is 400 g/mol. The first-order chi connectivity index (χ1) is 13.1. The van der Waals surface area contributed by atoms with E-state index < -0.39 is 5.92 Å². The number of carbonyl (C=O) groups is 1. The van der Waals surface area contributed by atoms with E-state index in [1.165, 1.54) is 23.9 Å². The Morgan fingerprint density at radius 1 is 1.22 bits per heavy atom. The molecule has 2 aliphatic rings. The van der Waals surface area contributed by atoms with Crippen LogP contribution in [0.1, 0.15) is 17.9 Å². The molecular weight excluding hydrogens is 385 g/mol.